The monoisotopic (exact) mass is 348 g/mol. The van der Waals surface area contributed by atoms with E-state index >= 15 is 0 Å². The summed E-state index contributed by atoms with van der Waals surface area (Å²) in [7, 11) is 0. The quantitative estimate of drug-likeness (QED) is 0.841. The normalized spacial score (nSPS) is 19.3. The van der Waals surface area contributed by atoms with Gasteiger partial charge in [0.15, 0.2) is 0 Å². The van der Waals surface area contributed by atoms with Gasteiger partial charge in [0.2, 0.25) is 0 Å². The fourth-order valence-electron chi connectivity index (χ4n) is 4.04. The molecule has 0 bridgehead atoms. The van der Waals surface area contributed by atoms with Crippen LogP contribution in [0.2, 0.25) is 0 Å². The summed E-state index contributed by atoms with van der Waals surface area (Å²) in [5.74, 6) is 0. The van der Waals surface area contributed by atoms with E-state index in [2.05, 4.69) is 20.9 Å². The number of aromatic nitrogens is 2. The largest absolute Gasteiger partial charge is 0.460 e. The van der Waals surface area contributed by atoms with Gasteiger partial charge in [-0.3, -0.25) is 0 Å². The second-order valence-corrected chi connectivity index (χ2v) is 7.23. The van der Waals surface area contributed by atoms with Gasteiger partial charge in [0.05, 0.1) is 11.6 Å². The van der Waals surface area contributed by atoms with Crippen molar-refractivity contribution in [3.8, 4) is 23.2 Å². The van der Waals surface area contributed by atoms with Gasteiger partial charge in [-0.1, -0.05) is 25.0 Å². The molecule has 0 amide bonds. The maximum atomic E-state index is 8.87. The lowest BCUT2D eigenvalue weighted by molar-refractivity contribution is 0.0710. The van der Waals surface area contributed by atoms with E-state index in [9.17, 15) is 0 Å². The highest BCUT2D eigenvalue weighted by molar-refractivity contribution is 5.62. The first-order chi connectivity index (χ1) is 12.8. The Morgan fingerprint density at radius 3 is 2.19 bits per heavy atom. The molecule has 2 fully saturated rings. The van der Waals surface area contributed by atoms with Crippen LogP contribution in [0, 0.1) is 11.3 Å². The third kappa shape index (κ3) is 3.86. The van der Waals surface area contributed by atoms with Crippen molar-refractivity contribution in [1.82, 2.24) is 14.9 Å². The Balaban J connectivity index is 1.32. The number of hydrogen-bond donors (Lipinski definition) is 0. The van der Waals surface area contributed by atoms with E-state index in [1.165, 1.54) is 25.7 Å². The zero-order valence-corrected chi connectivity index (χ0v) is 15.0. The van der Waals surface area contributed by atoms with Crippen molar-refractivity contribution >= 4 is 0 Å². The predicted molar refractivity (Wildman–Crippen MR) is 99.7 cm³/mol. The molecular formula is C21H24N4O. The molecule has 4 rings (SSSR count). The van der Waals surface area contributed by atoms with Crippen molar-refractivity contribution in [1.29, 1.82) is 5.26 Å². The van der Waals surface area contributed by atoms with E-state index in [1.54, 1.807) is 24.5 Å². The van der Waals surface area contributed by atoms with E-state index in [-0.39, 0.29) is 6.10 Å². The molecule has 2 heterocycles. The molecule has 5 nitrogen and oxygen atoms in total. The van der Waals surface area contributed by atoms with Crippen LogP contribution in [0.3, 0.4) is 0 Å². The Kier molecular flexibility index (Phi) is 5.12. The highest BCUT2D eigenvalue weighted by Crippen LogP contribution is 2.27. The Morgan fingerprint density at radius 1 is 0.923 bits per heavy atom. The molecule has 2 aliphatic rings. The molecule has 0 spiro atoms. The number of piperidine rings is 1. The first-order valence-corrected chi connectivity index (χ1v) is 9.55. The minimum absolute atomic E-state index is 0.216. The van der Waals surface area contributed by atoms with E-state index in [4.69, 9.17) is 10.00 Å². The van der Waals surface area contributed by atoms with Crippen LogP contribution >= 0.6 is 0 Å². The second-order valence-electron chi connectivity index (χ2n) is 7.23. The second kappa shape index (κ2) is 7.84. The first kappa shape index (κ1) is 17.0. The standard InChI is InChI=1S/C21H24N4O/c22-13-16-5-7-17(8-6-16)18-14-23-21(24-15-18)26-20-9-11-25(12-10-20)19-3-1-2-4-19/h5-8,14-15,19-20H,1-4,9-12H2. The smallest absolute Gasteiger partial charge is 0.316 e. The van der Waals surface area contributed by atoms with Gasteiger partial charge in [-0.25, -0.2) is 9.97 Å². The lowest BCUT2D eigenvalue weighted by Gasteiger charge is -2.35. The molecule has 1 aliphatic carbocycles. The Labute approximate surface area is 154 Å². The molecule has 5 heteroatoms. The average Bonchev–Trinajstić information content (AvgIpc) is 3.24. The Hall–Kier alpha value is -2.45. The molecule has 26 heavy (non-hydrogen) atoms. The molecule has 0 radical (unpaired) electrons. The molecule has 1 saturated heterocycles. The summed E-state index contributed by atoms with van der Waals surface area (Å²) in [6.07, 6.45) is 11.4. The number of nitrogens with zero attached hydrogens (tertiary/aromatic N) is 4. The summed E-state index contributed by atoms with van der Waals surface area (Å²) >= 11 is 0. The lowest BCUT2D eigenvalue weighted by Crippen LogP contribution is -2.43. The van der Waals surface area contributed by atoms with Crippen molar-refractivity contribution in [3.05, 3.63) is 42.2 Å². The van der Waals surface area contributed by atoms with E-state index < -0.39 is 0 Å². The molecule has 0 atom stereocenters. The van der Waals surface area contributed by atoms with Gasteiger partial charge in [0, 0.05) is 37.1 Å². The molecule has 1 aromatic heterocycles. The van der Waals surface area contributed by atoms with Gasteiger partial charge >= 0.3 is 6.01 Å². The van der Waals surface area contributed by atoms with Crippen LogP contribution in [0.15, 0.2) is 36.7 Å². The van der Waals surface area contributed by atoms with Gasteiger partial charge in [-0.15, -0.1) is 0 Å². The number of rotatable bonds is 4. The zero-order chi connectivity index (χ0) is 17.8. The van der Waals surface area contributed by atoms with Crippen molar-refractivity contribution in [2.75, 3.05) is 13.1 Å². The first-order valence-electron chi connectivity index (χ1n) is 9.55. The van der Waals surface area contributed by atoms with Gasteiger partial charge < -0.3 is 9.64 Å². The molecule has 134 valence electrons. The fourth-order valence-corrected chi connectivity index (χ4v) is 4.04. The van der Waals surface area contributed by atoms with Crippen LogP contribution in [0.5, 0.6) is 6.01 Å². The highest BCUT2D eigenvalue weighted by atomic mass is 16.5. The van der Waals surface area contributed by atoms with Crippen LogP contribution < -0.4 is 4.74 Å². The van der Waals surface area contributed by atoms with Crippen LogP contribution in [0.4, 0.5) is 0 Å². The maximum absolute atomic E-state index is 8.87. The summed E-state index contributed by atoms with van der Waals surface area (Å²) in [4.78, 5) is 11.4. The van der Waals surface area contributed by atoms with Crippen molar-refractivity contribution in [3.63, 3.8) is 0 Å². The fraction of sp³-hybridized carbons (Fsp3) is 0.476. The highest BCUT2D eigenvalue weighted by Gasteiger charge is 2.28. The molecule has 2 aromatic rings. The van der Waals surface area contributed by atoms with Gasteiger partial charge in [0.1, 0.15) is 6.10 Å². The number of hydrogen-bond acceptors (Lipinski definition) is 5. The SMILES string of the molecule is N#Cc1ccc(-c2cnc(OC3CCN(C4CCCC4)CC3)nc2)cc1. The van der Waals surface area contributed by atoms with Gasteiger partial charge in [0.25, 0.3) is 0 Å². The van der Waals surface area contributed by atoms with E-state index in [0.717, 1.165) is 43.1 Å². The van der Waals surface area contributed by atoms with Gasteiger partial charge in [-0.2, -0.15) is 5.26 Å². The van der Waals surface area contributed by atoms with E-state index in [0.29, 0.717) is 11.6 Å². The third-order valence-electron chi connectivity index (χ3n) is 5.57. The summed E-state index contributed by atoms with van der Waals surface area (Å²) in [6.45, 7) is 2.25. The molecule has 1 aliphatic heterocycles. The van der Waals surface area contributed by atoms with Crippen molar-refractivity contribution < 1.29 is 4.74 Å². The Morgan fingerprint density at radius 2 is 1.58 bits per heavy atom. The minimum atomic E-state index is 0.216. The summed E-state index contributed by atoms with van der Waals surface area (Å²) in [5.41, 5.74) is 2.58. The molecule has 1 aromatic carbocycles. The zero-order valence-electron chi connectivity index (χ0n) is 15.0. The van der Waals surface area contributed by atoms with Crippen LogP contribution in [-0.4, -0.2) is 40.1 Å². The molecular weight excluding hydrogens is 324 g/mol. The van der Waals surface area contributed by atoms with E-state index in [1.807, 2.05) is 12.1 Å². The number of benzene rings is 1. The van der Waals surface area contributed by atoms with Gasteiger partial charge in [-0.05, 0) is 43.4 Å². The van der Waals surface area contributed by atoms with Crippen LogP contribution in [0.25, 0.3) is 11.1 Å². The minimum Gasteiger partial charge on any atom is -0.460 e. The van der Waals surface area contributed by atoms with Crippen LogP contribution in [-0.2, 0) is 0 Å². The Bertz CT molecular complexity index is 752. The number of likely N-dealkylation sites (tertiary alicyclic amines) is 1. The number of ether oxygens (including phenoxy) is 1. The average molecular weight is 348 g/mol. The maximum Gasteiger partial charge on any atom is 0.316 e. The third-order valence-corrected chi connectivity index (χ3v) is 5.57. The van der Waals surface area contributed by atoms with Crippen molar-refractivity contribution in [2.45, 2.75) is 50.7 Å². The lowest BCUT2D eigenvalue weighted by atomic mass is 10.0. The topological polar surface area (TPSA) is 62.0 Å². The predicted octanol–water partition coefficient (Wildman–Crippen LogP) is 3.80. The summed E-state index contributed by atoms with van der Waals surface area (Å²) in [5, 5.41) is 8.87. The molecule has 0 unspecified atom stereocenters. The summed E-state index contributed by atoms with van der Waals surface area (Å²) < 4.78 is 6.00. The van der Waals surface area contributed by atoms with Crippen LogP contribution in [0.1, 0.15) is 44.1 Å². The molecule has 0 N–H and O–H groups in total. The number of nitriles is 1. The van der Waals surface area contributed by atoms with Crippen molar-refractivity contribution in [2.24, 2.45) is 0 Å². The molecule has 1 saturated carbocycles. The summed E-state index contributed by atoms with van der Waals surface area (Å²) in [6, 6.07) is 10.8.